The van der Waals surface area contributed by atoms with Crippen LogP contribution in [-0.2, 0) is 30.4 Å². The van der Waals surface area contributed by atoms with Gasteiger partial charge in [0, 0.05) is 31.3 Å². The zero-order valence-corrected chi connectivity index (χ0v) is 18.9. The lowest BCUT2D eigenvalue weighted by Gasteiger charge is -2.23. The number of carbonyl (C=O) groups excluding carboxylic acids is 3. The lowest BCUT2D eigenvalue weighted by molar-refractivity contribution is -0.138. The number of imidazole rings is 1. The number of guanidine groups is 1. The van der Waals surface area contributed by atoms with Crippen molar-refractivity contribution in [1.82, 2.24) is 25.9 Å². The van der Waals surface area contributed by atoms with Crippen LogP contribution in [0.3, 0.4) is 0 Å². The summed E-state index contributed by atoms with van der Waals surface area (Å²) < 4.78 is 0. The SMILES string of the molecule is NC(N)=NCCCC(N)C(=O)NC(CCC(=O)O)C(=O)NC(Cc1cnc[nH]1)C(=O)NCC(=O)O. The number of aliphatic carboxylic acids is 2. The molecule has 1 heterocycles. The molecule has 3 amide bonds. The van der Waals surface area contributed by atoms with Gasteiger partial charge in [-0.3, -0.25) is 29.0 Å². The van der Waals surface area contributed by atoms with E-state index in [-0.39, 0.29) is 31.8 Å². The normalized spacial score (nSPS) is 13.1. The number of nitrogens with zero attached hydrogens (tertiary/aromatic N) is 2. The number of carbonyl (C=O) groups is 5. The van der Waals surface area contributed by atoms with Crippen LogP contribution in [0.4, 0.5) is 0 Å². The van der Waals surface area contributed by atoms with Crippen LogP contribution in [0.1, 0.15) is 31.4 Å². The number of aromatic nitrogens is 2. The van der Waals surface area contributed by atoms with Crippen LogP contribution < -0.4 is 33.2 Å². The Balaban J connectivity index is 2.89. The Bertz CT molecular complexity index is 900. The summed E-state index contributed by atoms with van der Waals surface area (Å²) in [5, 5.41) is 24.8. The molecule has 1 aromatic rings. The molecule has 1 rings (SSSR count). The van der Waals surface area contributed by atoms with E-state index >= 15 is 0 Å². The summed E-state index contributed by atoms with van der Waals surface area (Å²) in [4.78, 5) is 70.0. The third kappa shape index (κ3) is 12.0. The number of hydrogen-bond acceptors (Lipinski definition) is 8. The average molecular weight is 498 g/mol. The van der Waals surface area contributed by atoms with Gasteiger partial charge in [0.25, 0.3) is 0 Å². The fraction of sp³-hybridized carbons (Fsp3) is 0.526. The summed E-state index contributed by atoms with van der Waals surface area (Å²) in [7, 11) is 0. The zero-order chi connectivity index (χ0) is 26.4. The van der Waals surface area contributed by atoms with Gasteiger partial charge in [-0.2, -0.15) is 0 Å². The Kier molecular flexibility index (Phi) is 12.2. The summed E-state index contributed by atoms with van der Waals surface area (Å²) in [5.74, 6) is -4.94. The first-order chi connectivity index (χ1) is 16.5. The fourth-order valence-electron chi connectivity index (χ4n) is 2.85. The number of H-pyrrole nitrogens is 1. The molecule has 0 saturated heterocycles. The second-order valence-corrected chi connectivity index (χ2v) is 7.50. The number of nitrogens with two attached hydrogens (primary N) is 3. The second kappa shape index (κ2) is 14.8. The summed E-state index contributed by atoms with van der Waals surface area (Å²) in [6.07, 6.45) is 2.55. The highest BCUT2D eigenvalue weighted by Gasteiger charge is 2.29. The third-order valence-electron chi connectivity index (χ3n) is 4.61. The van der Waals surface area contributed by atoms with Crippen molar-refractivity contribution in [3.05, 3.63) is 18.2 Å². The fourth-order valence-corrected chi connectivity index (χ4v) is 2.85. The molecule has 3 atom stereocenters. The Morgan fingerprint density at radius 2 is 1.69 bits per heavy atom. The van der Waals surface area contributed by atoms with E-state index in [0.29, 0.717) is 12.1 Å². The molecule has 0 radical (unpaired) electrons. The van der Waals surface area contributed by atoms with Gasteiger partial charge in [0.15, 0.2) is 5.96 Å². The first-order valence-corrected chi connectivity index (χ1v) is 10.6. The Hall–Kier alpha value is -4.21. The minimum absolute atomic E-state index is 0.0684. The lowest BCUT2D eigenvalue weighted by atomic mass is 10.1. The number of aromatic amines is 1. The van der Waals surface area contributed by atoms with Crippen molar-refractivity contribution in [2.24, 2.45) is 22.2 Å². The van der Waals surface area contributed by atoms with E-state index in [9.17, 15) is 24.0 Å². The lowest BCUT2D eigenvalue weighted by Crippen LogP contribution is -2.56. The number of rotatable bonds is 16. The van der Waals surface area contributed by atoms with Crippen molar-refractivity contribution >= 4 is 35.6 Å². The molecule has 0 aliphatic rings. The first-order valence-electron chi connectivity index (χ1n) is 10.6. The Morgan fingerprint density at radius 3 is 2.26 bits per heavy atom. The van der Waals surface area contributed by atoms with E-state index in [4.69, 9.17) is 27.4 Å². The molecule has 0 spiro atoms. The van der Waals surface area contributed by atoms with Crippen molar-refractivity contribution in [2.75, 3.05) is 13.1 Å². The maximum atomic E-state index is 12.9. The molecule has 0 bridgehead atoms. The molecule has 0 aliphatic heterocycles. The number of nitrogens with one attached hydrogen (secondary N) is 4. The largest absolute Gasteiger partial charge is 0.481 e. The molecule has 194 valence electrons. The molecule has 1 aromatic heterocycles. The van der Waals surface area contributed by atoms with Crippen molar-refractivity contribution in [3.63, 3.8) is 0 Å². The van der Waals surface area contributed by atoms with Crippen molar-refractivity contribution in [3.8, 4) is 0 Å². The van der Waals surface area contributed by atoms with Gasteiger partial charge in [0.1, 0.15) is 18.6 Å². The van der Waals surface area contributed by atoms with E-state index in [1.807, 2.05) is 0 Å². The van der Waals surface area contributed by atoms with E-state index in [2.05, 4.69) is 30.9 Å². The zero-order valence-electron chi connectivity index (χ0n) is 18.9. The van der Waals surface area contributed by atoms with Crippen LogP contribution in [0, 0.1) is 0 Å². The van der Waals surface area contributed by atoms with Gasteiger partial charge < -0.3 is 48.3 Å². The summed E-state index contributed by atoms with van der Waals surface area (Å²) in [5.41, 5.74) is 16.8. The van der Waals surface area contributed by atoms with Crippen LogP contribution >= 0.6 is 0 Å². The van der Waals surface area contributed by atoms with Crippen molar-refractivity contribution < 1.29 is 34.2 Å². The van der Waals surface area contributed by atoms with E-state index in [1.54, 1.807) is 0 Å². The molecular weight excluding hydrogens is 466 g/mol. The maximum Gasteiger partial charge on any atom is 0.322 e. The van der Waals surface area contributed by atoms with E-state index in [0.717, 1.165) is 0 Å². The summed E-state index contributed by atoms with van der Waals surface area (Å²) in [6, 6.07) is -3.58. The molecule has 16 heteroatoms. The quantitative estimate of drug-likeness (QED) is 0.0610. The van der Waals surface area contributed by atoms with Gasteiger partial charge in [0.05, 0.1) is 12.4 Å². The van der Waals surface area contributed by atoms with E-state index < -0.39 is 60.8 Å². The second-order valence-electron chi connectivity index (χ2n) is 7.50. The van der Waals surface area contributed by atoms with Gasteiger partial charge in [-0.1, -0.05) is 0 Å². The number of carboxylic acid groups (broad SMARTS) is 2. The van der Waals surface area contributed by atoms with Crippen LogP contribution in [0.2, 0.25) is 0 Å². The van der Waals surface area contributed by atoms with Crippen molar-refractivity contribution in [2.45, 2.75) is 50.2 Å². The molecule has 12 N–H and O–H groups in total. The smallest absolute Gasteiger partial charge is 0.322 e. The van der Waals surface area contributed by atoms with Gasteiger partial charge in [-0.25, -0.2) is 4.98 Å². The van der Waals surface area contributed by atoms with Crippen molar-refractivity contribution in [1.29, 1.82) is 0 Å². The third-order valence-corrected chi connectivity index (χ3v) is 4.61. The molecule has 3 unspecified atom stereocenters. The van der Waals surface area contributed by atoms with Gasteiger partial charge in [0.2, 0.25) is 17.7 Å². The van der Waals surface area contributed by atoms with Gasteiger partial charge in [-0.05, 0) is 19.3 Å². The predicted octanol–water partition coefficient (Wildman–Crippen LogP) is -3.63. The highest BCUT2D eigenvalue weighted by molar-refractivity contribution is 5.94. The predicted molar refractivity (Wildman–Crippen MR) is 122 cm³/mol. The molecule has 0 saturated carbocycles. The molecular formula is C19H31N9O7. The highest BCUT2D eigenvalue weighted by atomic mass is 16.4. The molecule has 35 heavy (non-hydrogen) atoms. The average Bonchev–Trinajstić information content (AvgIpc) is 3.29. The highest BCUT2D eigenvalue weighted by Crippen LogP contribution is 2.05. The van der Waals surface area contributed by atoms with Crippen LogP contribution in [-0.4, -0.2) is 87.0 Å². The number of carboxylic acids is 2. The van der Waals surface area contributed by atoms with Gasteiger partial charge >= 0.3 is 11.9 Å². The standard InChI is InChI=1S/C19H31N9O7/c20-11(2-1-5-24-19(21)22)16(33)27-12(3-4-14(29)30)18(35)28-13(6-10-7-23-9-26-10)17(34)25-8-15(31)32/h7,9,11-13H,1-6,8,20H2,(H,23,26)(H,25,34)(H,27,33)(H,28,35)(H,29,30)(H,31,32)(H4,21,22,24). The summed E-state index contributed by atoms with van der Waals surface area (Å²) >= 11 is 0. The summed E-state index contributed by atoms with van der Waals surface area (Å²) in [6.45, 7) is -0.435. The molecule has 0 aromatic carbocycles. The topological polar surface area (TPSA) is 281 Å². The van der Waals surface area contributed by atoms with Crippen LogP contribution in [0.15, 0.2) is 17.5 Å². The maximum absolute atomic E-state index is 12.9. The number of amides is 3. The monoisotopic (exact) mass is 497 g/mol. The first kappa shape index (κ1) is 28.8. The van der Waals surface area contributed by atoms with Crippen LogP contribution in [0.25, 0.3) is 0 Å². The number of aliphatic imine (C=N–C) groups is 1. The minimum atomic E-state index is -1.32. The molecule has 0 fully saturated rings. The van der Waals surface area contributed by atoms with Crippen LogP contribution in [0.5, 0.6) is 0 Å². The Morgan fingerprint density at radius 1 is 1.00 bits per heavy atom. The molecule has 0 aliphatic carbocycles. The van der Waals surface area contributed by atoms with Gasteiger partial charge in [-0.15, -0.1) is 0 Å². The minimum Gasteiger partial charge on any atom is -0.481 e. The molecule has 16 nitrogen and oxygen atoms in total. The number of hydrogen-bond donors (Lipinski definition) is 9. The van der Waals surface area contributed by atoms with E-state index in [1.165, 1.54) is 12.5 Å². The Labute approximate surface area is 200 Å².